The van der Waals surface area contributed by atoms with E-state index in [0.29, 0.717) is 17.1 Å². The van der Waals surface area contributed by atoms with Crippen LogP contribution in [0.4, 0.5) is 5.69 Å². The molecule has 2 rings (SSSR count). The highest BCUT2D eigenvalue weighted by Gasteiger charge is 2.09. The second-order valence-electron chi connectivity index (χ2n) is 4.27. The van der Waals surface area contributed by atoms with Gasteiger partial charge in [-0.15, -0.1) is 5.92 Å². The third-order valence-corrected chi connectivity index (χ3v) is 2.70. The molecule has 0 radical (unpaired) electrons. The molecule has 0 fully saturated rings. The van der Waals surface area contributed by atoms with Crippen LogP contribution in [-0.2, 0) is 6.61 Å². The quantitative estimate of drug-likeness (QED) is 0.819. The van der Waals surface area contributed by atoms with Gasteiger partial charge in [-0.1, -0.05) is 18.1 Å². The van der Waals surface area contributed by atoms with Gasteiger partial charge in [0.2, 0.25) is 5.88 Å². The minimum atomic E-state index is -0.387. The van der Waals surface area contributed by atoms with Crippen molar-refractivity contribution in [2.45, 2.75) is 13.5 Å². The fourth-order valence-corrected chi connectivity index (χ4v) is 1.63. The molecular weight excluding hydrogens is 282 g/mol. The van der Waals surface area contributed by atoms with Crippen molar-refractivity contribution >= 4 is 11.6 Å². The molecule has 0 saturated heterocycles. The number of aliphatic hydroxyl groups is 1. The number of hydrogen-bond acceptors (Lipinski definition) is 5. The SMILES string of the molecule is CC#CCOc1cnc(C(=O)Nc2cccc(CO)c2)cn1. The molecule has 0 atom stereocenters. The number of rotatable bonds is 5. The second kappa shape index (κ2) is 7.76. The Hall–Kier alpha value is -2.91. The summed E-state index contributed by atoms with van der Waals surface area (Å²) in [6.07, 6.45) is 2.70. The third kappa shape index (κ3) is 4.30. The van der Waals surface area contributed by atoms with Crippen LogP contribution in [0, 0.1) is 11.8 Å². The van der Waals surface area contributed by atoms with Crippen LogP contribution in [0.2, 0.25) is 0 Å². The average molecular weight is 297 g/mol. The van der Waals surface area contributed by atoms with Crippen LogP contribution in [0.25, 0.3) is 0 Å². The van der Waals surface area contributed by atoms with Crippen LogP contribution < -0.4 is 10.1 Å². The van der Waals surface area contributed by atoms with Crippen molar-refractivity contribution in [1.82, 2.24) is 9.97 Å². The molecule has 2 aromatic rings. The number of aromatic nitrogens is 2. The lowest BCUT2D eigenvalue weighted by Crippen LogP contribution is -2.14. The zero-order valence-corrected chi connectivity index (χ0v) is 12.0. The first kappa shape index (κ1) is 15.5. The van der Waals surface area contributed by atoms with Gasteiger partial charge in [0.25, 0.3) is 5.91 Å². The normalized spacial score (nSPS) is 9.55. The molecule has 1 aromatic heterocycles. The Morgan fingerprint density at radius 1 is 1.36 bits per heavy atom. The minimum Gasteiger partial charge on any atom is -0.463 e. The predicted molar refractivity (Wildman–Crippen MR) is 81.3 cm³/mol. The zero-order valence-electron chi connectivity index (χ0n) is 12.0. The first-order valence-corrected chi connectivity index (χ1v) is 6.58. The number of benzene rings is 1. The number of nitrogens with zero attached hydrogens (tertiary/aromatic N) is 2. The van der Waals surface area contributed by atoms with Crippen LogP contribution in [0.5, 0.6) is 5.88 Å². The molecule has 0 aliphatic heterocycles. The summed E-state index contributed by atoms with van der Waals surface area (Å²) in [5, 5.41) is 11.8. The van der Waals surface area contributed by atoms with E-state index >= 15 is 0 Å². The first-order valence-electron chi connectivity index (χ1n) is 6.58. The van der Waals surface area contributed by atoms with Gasteiger partial charge in [0.1, 0.15) is 5.69 Å². The summed E-state index contributed by atoms with van der Waals surface area (Å²) in [6, 6.07) is 6.93. The van der Waals surface area contributed by atoms with Gasteiger partial charge in [-0.3, -0.25) is 4.79 Å². The molecule has 0 aliphatic rings. The monoisotopic (exact) mass is 297 g/mol. The molecule has 6 nitrogen and oxygen atoms in total. The zero-order chi connectivity index (χ0) is 15.8. The lowest BCUT2D eigenvalue weighted by Gasteiger charge is -2.06. The van der Waals surface area contributed by atoms with E-state index in [1.807, 2.05) is 0 Å². The van der Waals surface area contributed by atoms with Crippen molar-refractivity contribution in [3.8, 4) is 17.7 Å². The predicted octanol–water partition coefficient (Wildman–Crippen LogP) is 1.62. The van der Waals surface area contributed by atoms with Crippen molar-refractivity contribution in [3.63, 3.8) is 0 Å². The van der Waals surface area contributed by atoms with Gasteiger partial charge < -0.3 is 15.2 Å². The molecular formula is C16H15N3O3. The van der Waals surface area contributed by atoms with Gasteiger partial charge in [-0.05, 0) is 24.6 Å². The standard InChI is InChI=1S/C16H15N3O3/c1-2-3-7-22-15-10-17-14(9-18-15)16(21)19-13-6-4-5-12(8-13)11-20/h4-6,8-10,20H,7,11H2,1H3,(H,19,21). The van der Waals surface area contributed by atoms with E-state index in [1.54, 1.807) is 31.2 Å². The summed E-state index contributed by atoms with van der Waals surface area (Å²) in [4.78, 5) is 20.0. The molecule has 0 bridgehead atoms. The third-order valence-electron chi connectivity index (χ3n) is 2.70. The number of aliphatic hydroxyl groups excluding tert-OH is 1. The molecule has 1 heterocycles. The highest BCUT2D eigenvalue weighted by molar-refractivity contribution is 6.02. The summed E-state index contributed by atoms with van der Waals surface area (Å²) in [7, 11) is 0. The fraction of sp³-hybridized carbons (Fsp3) is 0.188. The topological polar surface area (TPSA) is 84.3 Å². The van der Waals surface area contributed by atoms with Crippen molar-refractivity contribution < 1.29 is 14.6 Å². The van der Waals surface area contributed by atoms with E-state index in [0.717, 1.165) is 0 Å². The van der Waals surface area contributed by atoms with Crippen molar-refractivity contribution in [1.29, 1.82) is 0 Å². The molecule has 2 N–H and O–H groups in total. The Morgan fingerprint density at radius 3 is 2.91 bits per heavy atom. The first-order chi connectivity index (χ1) is 10.7. The molecule has 0 unspecified atom stereocenters. The van der Waals surface area contributed by atoms with Crippen LogP contribution >= 0.6 is 0 Å². The number of carbonyl (C=O) groups excluding carboxylic acids is 1. The fourth-order valence-electron chi connectivity index (χ4n) is 1.63. The summed E-state index contributed by atoms with van der Waals surface area (Å²) in [5.74, 6) is 5.36. The number of carbonyl (C=O) groups is 1. The van der Waals surface area contributed by atoms with E-state index in [-0.39, 0.29) is 24.8 Å². The summed E-state index contributed by atoms with van der Waals surface area (Å²) < 4.78 is 5.22. The second-order valence-corrected chi connectivity index (χ2v) is 4.27. The lowest BCUT2D eigenvalue weighted by molar-refractivity contribution is 0.102. The van der Waals surface area contributed by atoms with Crippen molar-refractivity contribution in [2.75, 3.05) is 11.9 Å². The van der Waals surface area contributed by atoms with E-state index in [2.05, 4.69) is 27.1 Å². The molecule has 0 saturated carbocycles. The summed E-state index contributed by atoms with van der Waals surface area (Å²) in [5.41, 5.74) is 1.46. The van der Waals surface area contributed by atoms with Crippen LogP contribution in [-0.4, -0.2) is 27.6 Å². The molecule has 6 heteroatoms. The van der Waals surface area contributed by atoms with Crippen LogP contribution in [0.1, 0.15) is 23.0 Å². The van der Waals surface area contributed by atoms with Crippen LogP contribution in [0.3, 0.4) is 0 Å². The Morgan fingerprint density at radius 2 is 2.23 bits per heavy atom. The Bertz CT molecular complexity index is 703. The van der Waals surface area contributed by atoms with Gasteiger partial charge >= 0.3 is 0 Å². The van der Waals surface area contributed by atoms with E-state index in [1.165, 1.54) is 12.4 Å². The molecule has 112 valence electrons. The maximum Gasteiger partial charge on any atom is 0.275 e. The van der Waals surface area contributed by atoms with E-state index < -0.39 is 0 Å². The summed E-state index contributed by atoms with van der Waals surface area (Å²) in [6.45, 7) is 1.86. The van der Waals surface area contributed by atoms with Gasteiger partial charge in [0.05, 0.1) is 19.0 Å². The Kier molecular flexibility index (Phi) is 5.46. The smallest absolute Gasteiger partial charge is 0.275 e. The average Bonchev–Trinajstić information content (AvgIpc) is 2.56. The Labute approximate surface area is 128 Å². The molecule has 0 aliphatic carbocycles. The lowest BCUT2D eigenvalue weighted by atomic mass is 10.2. The molecule has 22 heavy (non-hydrogen) atoms. The van der Waals surface area contributed by atoms with E-state index in [4.69, 9.17) is 9.84 Å². The van der Waals surface area contributed by atoms with Crippen molar-refractivity contribution in [3.05, 3.63) is 47.9 Å². The van der Waals surface area contributed by atoms with Crippen LogP contribution in [0.15, 0.2) is 36.7 Å². The van der Waals surface area contributed by atoms with Gasteiger partial charge in [0.15, 0.2) is 6.61 Å². The number of hydrogen-bond donors (Lipinski definition) is 2. The molecule has 1 amide bonds. The van der Waals surface area contributed by atoms with Gasteiger partial charge in [-0.2, -0.15) is 0 Å². The maximum absolute atomic E-state index is 12.0. The highest BCUT2D eigenvalue weighted by Crippen LogP contribution is 2.12. The van der Waals surface area contributed by atoms with Gasteiger partial charge in [0, 0.05) is 5.69 Å². The summed E-state index contributed by atoms with van der Waals surface area (Å²) >= 11 is 0. The minimum absolute atomic E-state index is 0.0871. The molecule has 0 spiro atoms. The van der Waals surface area contributed by atoms with Crippen molar-refractivity contribution in [2.24, 2.45) is 0 Å². The molecule has 1 aromatic carbocycles. The highest BCUT2D eigenvalue weighted by atomic mass is 16.5. The number of ether oxygens (including phenoxy) is 1. The largest absolute Gasteiger partial charge is 0.463 e. The number of anilines is 1. The number of amides is 1. The van der Waals surface area contributed by atoms with E-state index in [9.17, 15) is 4.79 Å². The van der Waals surface area contributed by atoms with Gasteiger partial charge in [-0.25, -0.2) is 9.97 Å². The Balaban J connectivity index is 2.01. The number of nitrogens with one attached hydrogen (secondary N) is 1. The maximum atomic E-state index is 12.0.